The van der Waals surface area contributed by atoms with Crippen molar-refractivity contribution in [3.63, 3.8) is 0 Å². The summed E-state index contributed by atoms with van der Waals surface area (Å²) in [5.41, 5.74) is 0.782. The van der Waals surface area contributed by atoms with E-state index in [9.17, 15) is 4.79 Å². The van der Waals surface area contributed by atoms with Crippen molar-refractivity contribution in [2.45, 2.75) is 46.0 Å². The quantitative estimate of drug-likeness (QED) is 0.916. The fourth-order valence-electron chi connectivity index (χ4n) is 1.63. The number of aromatic nitrogens is 2. The van der Waals surface area contributed by atoms with E-state index in [2.05, 4.69) is 39.7 Å². The van der Waals surface area contributed by atoms with Gasteiger partial charge in [-0.15, -0.1) is 0 Å². The van der Waals surface area contributed by atoms with Gasteiger partial charge in [0.15, 0.2) is 0 Å². The largest absolute Gasteiger partial charge is 0.309 e. The molecular weight excluding hydrogens is 256 g/mol. The summed E-state index contributed by atoms with van der Waals surface area (Å²) < 4.78 is 0.569. The van der Waals surface area contributed by atoms with E-state index in [1.165, 1.54) is 0 Å². The van der Waals surface area contributed by atoms with Crippen LogP contribution in [0.2, 0.25) is 0 Å². The van der Waals surface area contributed by atoms with Crippen LogP contribution in [0.5, 0.6) is 0 Å². The third-order valence-electron chi connectivity index (χ3n) is 2.66. The normalized spacial score (nSPS) is 11.0. The van der Waals surface area contributed by atoms with Gasteiger partial charge in [0.25, 0.3) is 5.56 Å². The fourth-order valence-corrected chi connectivity index (χ4v) is 2.10. The lowest BCUT2D eigenvalue weighted by molar-refractivity contribution is 0.594. The molecule has 3 nitrogen and oxygen atoms in total. The number of hydrogen-bond acceptors (Lipinski definition) is 2. The first-order chi connectivity index (χ1) is 7.13. The molecule has 1 N–H and O–H groups in total. The Kier molecular flexibility index (Phi) is 4.51. The number of nitrogens with one attached hydrogen (secondary N) is 1. The van der Waals surface area contributed by atoms with E-state index in [4.69, 9.17) is 0 Å². The number of hydrogen-bond donors (Lipinski definition) is 1. The molecule has 1 aromatic rings. The van der Waals surface area contributed by atoms with Gasteiger partial charge < -0.3 is 4.98 Å². The average Bonchev–Trinajstić information content (AvgIpc) is 2.24. The van der Waals surface area contributed by atoms with Crippen LogP contribution >= 0.6 is 15.9 Å². The van der Waals surface area contributed by atoms with Gasteiger partial charge in [-0.05, 0) is 35.2 Å². The zero-order valence-electron chi connectivity index (χ0n) is 9.43. The molecule has 1 aromatic heterocycles. The number of halogens is 1. The van der Waals surface area contributed by atoms with Crippen LogP contribution in [0.25, 0.3) is 0 Å². The zero-order valence-corrected chi connectivity index (χ0v) is 11.0. The van der Waals surface area contributed by atoms with Gasteiger partial charge in [-0.25, -0.2) is 4.98 Å². The molecule has 1 rings (SSSR count). The van der Waals surface area contributed by atoms with Gasteiger partial charge in [-0.3, -0.25) is 4.79 Å². The van der Waals surface area contributed by atoms with E-state index in [0.717, 1.165) is 30.8 Å². The summed E-state index contributed by atoms with van der Waals surface area (Å²) in [5.74, 6) is 1.18. The SMILES string of the molecule is CCc1nc(C(CC)CC)[nH]c(=O)c1Br. The Labute approximate surface area is 98.5 Å². The molecule has 84 valence electrons. The molecule has 0 aliphatic carbocycles. The van der Waals surface area contributed by atoms with Crippen molar-refractivity contribution in [2.24, 2.45) is 0 Å². The minimum Gasteiger partial charge on any atom is -0.309 e. The molecule has 0 aromatic carbocycles. The van der Waals surface area contributed by atoms with Crippen LogP contribution in [0.1, 0.15) is 51.0 Å². The summed E-state index contributed by atoms with van der Waals surface area (Å²) >= 11 is 3.26. The van der Waals surface area contributed by atoms with E-state index in [0.29, 0.717) is 10.4 Å². The first kappa shape index (κ1) is 12.4. The van der Waals surface area contributed by atoms with Crippen LogP contribution in [0.3, 0.4) is 0 Å². The van der Waals surface area contributed by atoms with E-state index in [1.807, 2.05) is 6.92 Å². The molecule has 1 heterocycles. The maximum absolute atomic E-state index is 11.6. The lowest BCUT2D eigenvalue weighted by Crippen LogP contribution is -2.17. The van der Waals surface area contributed by atoms with Crippen LogP contribution in [-0.4, -0.2) is 9.97 Å². The zero-order chi connectivity index (χ0) is 11.4. The van der Waals surface area contributed by atoms with Crippen molar-refractivity contribution in [1.82, 2.24) is 9.97 Å². The van der Waals surface area contributed by atoms with Gasteiger partial charge in [0.05, 0.1) is 5.69 Å². The van der Waals surface area contributed by atoms with Gasteiger partial charge >= 0.3 is 0 Å². The predicted molar refractivity (Wildman–Crippen MR) is 65.3 cm³/mol. The smallest absolute Gasteiger partial charge is 0.265 e. The summed E-state index contributed by atoms with van der Waals surface area (Å²) in [6, 6.07) is 0. The van der Waals surface area contributed by atoms with E-state index < -0.39 is 0 Å². The molecule has 4 heteroatoms. The third-order valence-corrected chi connectivity index (χ3v) is 3.47. The standard InChI is InChI=1S/C11H17BrN2O/c1-4-7(5-2)10-13-8(6-3)9(12)11(15)14-10/h7H,4-6H2,1-3H3,(H,13,14,15). The second-order valence-electron chi connectivity index (χ2n) is 3.58. The van der Waals surface area contributed by atoms with Crippen LogP contribution in [0.15, 0.2) is 9.27 Å². The summed E-state index contributed by atoms with van der Waals surface area (Å²) in [6.45, 7) is 6.23. The van der Waals surface area contributed by atoms with Gasteiger partial charge in [0, 0.05) is 5.92 Å². The lowest BCUT2D eigenvalue weighted by atomic mass is 10.0. The Morgan fingerprint density at radius 3 is 2.40 bits per heavy atom. The molecule has 0 spiro atoms. The molecule has 0 amide bonds. The maximum atomic E-state index is 11.6. The Balaban J connectivity index is 3.21. The molecule has 0 saturated carbocycles. The summed E-state index contributed by atoms with van der Waals surface area (Å²) in [6.07, 6.45) is 2.78. The number of aryl methyl sites for hydroxylation is 1. The van der Waals surface area contributed by atoms with E-state index >= 15 is 0 Å². The average molecular weight is 273 g/mol. The second kappa shape index (κ2) is 5.45. The minimum atomic E-state index is -0.0660. The first-order valence-corrected chi connectivity index (χ1v) is 6.21. The molecule has 0 atom stereocenters. The molecule has 0 fully saturated rings. The molecule has 0 bridgehead atoms. The lowest BCUT2D eigenvalue weighted by Gasteiger charge is -2.12. The monoisotopic (exact) mass is 272 g/mol. The van der Waals surface area contributed by atoms with Crippen LogP contribution in [0, 0.1) is 0 Å². The molecular formula is C11H17BrN2O. The Hall–Kier alpha value is -0.640. The molecule has 0 radical (unpaired) electrons. The topological polar surface area (TPSA) is 45.8 Å². The Morgan fingerprint density at radius 2 is 1.93 bits per heavy atom. The third kappa shape index (κ3) is 2.68. The first-order valence-electron chi connectivity index (χ1n) is 5.42. The number of rotatable bonds is 4. The number of aromatic amines is 1. The van der Waals surface area contributed by atoms with Gasteiger partial charge in [0.2, 0.25) is 0 Å². The van der Waals surface area contributed by atoms with Crippen molar-refractivity contribution in [2.75, 3.05) is 0 Å². The van der Waals surface area contributed by atoms with E-state index in [-0.39, 0.29) is 5.56 Å². The highest BCUT2D eigenvalue weighted by Crippen LogP contribution is 2.20. The second-order valence-corrected chi connectivity index (χ2v) is 4.37. The molecule has 0 aliphatic rings. The van der Waals surface area contributed by atoms with Crippen molar-refractivity contribution in [1.29, 1.82) is 0 Å². The maximum Gasteiger partial charge on any atom is 0.265 e. The van der Waals surface area contributed by atoms with Crippen LogP contribution < -0.4 is 5.56 Å². The Bertz CT molecular complexity index is 383. The van der Waals surface area contributed by atoms with Gasteiger partial charge in [0.1, 0.15) is 10.3 Å². The van der Waals surface area contributed by atoms with Crippen LogP contribution in [-0.2, 0) is 6.42 Å². The van der Waals surface area contributed by atoms with Crippen molar-refractivity contribution in [3.05, 3.63) is 26.3 Å². The van der Waals surface area contributed by atoms with Crippen molar-refractivity contribution >= 4 is 15.9 Å². The van der Waals surface area contributed by atoms with Crippen LogP contribution in [0.4, 0.5) is 0 Å². The predicted octanol–water partition coefficient (Wildman–Crippen LogP) is 3.00. The molecule has 0 unspecified atom stereocenters. The van der Waals surface area contributed by atoms with Gasteiger partial charge in [-0.1, -0.05) is 20.8 Å². The molecule has 0 saturated heterocycles. The Morgan fingerprint density at radius 1 is 1.33 bits per heavy atom. The van der Waals surface area contributed by atoms with E-state index in [1.54, 1.807) is 0 Å². The highest BCUT2D eigenvalue weighted by atomic mass is 79.9. The number of nitrogens with zero attached hydrogens (tertiary/aromatic N) is 1. The highest BCUT2D eigenvalue weighted by Gasteiger charge is 2.13. The van der Waals surface area contributed by atoms with Gasteiger partial charge in [-0.2, -0.15) is 0 Å². The fraction of sp³-hybridized carbons (Fsp3) is 0.636. The summed E-state index contributed by atoms with van der Waals surface area (Å²) in [7, 11) is 0. The van der Waals surface area contributed by atoms with Crippen molar-refractivity contribution < 1.29 is 0 Å². The summed E-state index contributed by atoms with van der Waals surface area (Å²) in [4.78, 5) is 18.9. The number of H-pyrrole nitrogens is 1. The highest BCUT2D eigenvalue weighted by molar-refractivity contribution is 9.10. The van der Waals surface area contributed by atoms with Crippen molar-refractivity contribution in [3.8, 4) is 0 Å². The molecule has 15 heavy (non-hydrogen) atoms. The summed E-state index contributed by atoms with van der Waals surface area (Å²) in [5, 5.41) is 0. The molecule has 0 aliphatic heterocycles. The minimum absolute atomic E-state index is 0.0660.